The van der Waals surface area contributed by atoms with Crippen LogP contribution < -0.4 is 25.6 Å². The van der Waals surface area contributed by atoms with Gasteiger partial charge < -0.3 is 20.3 Å². The number of amides is 4. The number of nitrogens with zero attached hydrogens (tertiary/aromatic N) is 1. The van der Waals surface area contributed by atoms with E-state index in [4.69, 9.17) is 4.74 Å². The van der Waals surface area contributed by atoms with E-state index in [1.165, 1.54) is 6.42 Å². The van der Waals surface area contributed by atoms with Gasteiger partial charge in [0.1, 0.15) is 11.8 Å². The number of fused-ring (bicyclic) bond motifs is 1. The van der Waals surface area contributed by atoms with Crippen molar-refractivity contribution in [3.63, 3.8) is 0 Å². The summed E-state index contributed by atoms with van der Waals surface area (Å²) < 4.78 is 5.87. The van der Waals surface area contributed by atoms with Crippen molar-refractivity contribution in [2.45, 2.75) is 70.6 Å². The Morgan fingerprint density at radius 2 is 1.90 bits per heavy atom. The number of hydrogen-bond acceptors (Lipinski definition) is 5. The van der Waals surface area contributed by atoms with E-state index in [1.54, 1.807) is 13.0 Å². The van der Waals surface area contributed by atoms with Crippen LogP contribution in [0, 0.1) is 0 Å². The maximum absolute atomic E-state index is 12.8. The molecule has 0 radical (unpaired) electrons. The lowest BCUT2D eigenvalue weighted by Crippen LogP contribution is -2.56. The van der Waals surface area contributed by atoms with Crippen molar-refractivity contribution in [1.82, 2.24) is 16.0 Å². The Labute approximate surface area is 177 Å². The first-order valence-corrected chi connectivity index (χ1v) is 10.9. The number of ether oxygens (including phenoxy) is 1. The molecule has 1 aromatic carbocycles. The highest BCUT2D eigenvalue weighted by Gasteiger charge is 2.35. The highest BCUT2D eigenvalue weighted by molar-refractivity contribution is 5.98. The van der Waals surface area contributed by atoms with Crippen molar-refractivity contribution in [2.75, 3.05) is 18.0 Å². The second-order valence-electron chi connectivity index (χ2n) is 7.99. The zero-order valence-electron chi connectivity index (χ0n) is 17.8. The molecule has 1 saturated carbocycles. The Morgan fingerprint density at radius 3 is 2.63 bits per heavy atom. The maximum Gasteiger partial charge on any atom is 0.321 e. The van der Waals surface area contributed by atoms with Gasteiger partial charge in [0.05, 0.1) is 12.2 Å². The van der Waals surface area contributed by atoms with Crippen molar-refractivity contribution >= 4 is 23.5 Å². The molecule has 0 unspecified atom stereocenters. The summed E-state index contributed by atoms with van der Waals surface area (Å²) in [6.45, 7) is 4.50. The predicted molar refractivity (Wildman–Crippen MR) is 115 cm³/mol. The lowest BCUT2D eigenvalue weighted by atomic mass is 9.96. The first kappa shape index (κ1) is 21.9. The van der Waals surface area contributed by atoms with Crippen LogP contribution in [0.5, 0.6) is 5.75 Å². The Kier molecular flexibility index (Phi) is 7.54. The molecule has 0 saturated heterocycles. The number of imide groups is 1. The molecule has 30 heavy (non-hydrogen) atoms. The minimum Gasteiger partial charge on any atom is -0.477 e. The van der Waals surface area contributed by atoms with E-state index >= 15 is 0 Å². The lowest BCUT2D eigenvalue weighted by molar-refractivity contribution is -0.128. The number of nitrogens with one attached hydrogen (secondary N) is 3. The van der Waals surface area contributed by atoms with E-state index in [-0.39, 0.29) is 18.5 Å². The molecule has 3 rings (SSSR count). The minimum absolute atomic E-state index is 0.123. The first-order valence-electron chi connectivity index (χ1n) is 10.9. The van der Waals surface area contributed by atoms with Gasteiger partial charge in [0, 0.05) is 12.6 Å². The number of carbonyl (C=O) groups is 3. The highest BCUT2D eigenvalue weighted by Crippen LogP contribution is 2.34. The molecule has 1 aliphatic heterocycles. The average molecular weight is 417 g/mol. The number of benzene rings is 1. The Hall–Kier alpha value is -2.77. The zero-order chi connectivity index (χ0) is 21.5. The van der Waals surface area contributed by atoms with Gasteiger partial charge in [-0.2, -0.15) is 0 Å². The van der Waals surface area contributed by atoms with Gasteiger partial charge in [-0.3, -0.25) is 14.9 Å². The zero-order valence-corrected chi connectivity index (χ0v) is 17.8. The SMILES string of the molecule is CCCNC(=O)[C@H]1CN([C@@H](C)C(=O)NC(=O)NC2CCCCC2)c2ccccc2O1. The number of anilines is 1. The molecule has 8 nitrogen and oxygen atoms in total. The lowest BCUT2D eigenvalue weighted by Gasteiger charge is -2.38. The quantitative estimate of drug-likeness (QED) is 0.661. The monoisotopic (exact) mass is 416 g/mol. The van der Waals surface area contributed by atoms with Crippen LogP contribution in [-0.2, 0) is 9.59 Å². The van der Waals surface area contributed by atoms with Gasteiger partial charge in [-0.1, -0.05) is 38.3 Å². The van der Waals surface area contributed by atoms with E-state index in [9.17, 15) is 14.4 Å². The van der Waals surface area contributed by atoms with Crippen LogP contribution in [0.15, 0.2) is 24.3 Å². The van der Waals surface area contributed by atoms with Crippen molar-refractivity contribution in [1.29, 1.82) is 0 Å². The fourth-order valence-corrected chi connectivity index (χ4v) is 3.95. The number of rotatable bonds is 6. The van der Waals surface area contributed by atoms with E-state index in [0.717, 1.165) is 37.8 Å². The largest absolute Gasteiger partial charge is 0.477 e. The molecule has 0 bridgehead atoms. The van der Waals surface area contributed by atoms with Gasteiger partial charge >= 0.3 is 6.03 Å². The molecule has 8 heteroatoms. The van der Waals surface area contributed by atoms with Gasteiger partial charge in [0.25, 0.3) is 5.91 Å². The summed E-state index contributed by atoms with van der Waals surface area (Å²) in [5, 5.41) is 8.20. The molecule has 2 aliphatic rings. The standard InChI is InChI=1S/C22H32N4O4/c1-3-13-23-21(28)19-14-26(17-11-7-8-12-18(17)30-19)15(2)20(27)25-22(29)24-16-9-5-4-6-10-16/h7-8,11-12,15-16,19H,3-6,9-10,13-14H2,1-2H3,(H,23,28)(H2,24,25,27,29)/t15-,19+/m0/s1. The van der Waals surface area contributed by atoms with Gasteiger partial charge in [-0.25, -0.2) is 4.79 Å². The van der Waals surface area contributed by atoms with Crippen molar-refractivity contribution < 1.29 is 19.1 Å². The normalized spacial score (nSPS) is 19.8. The third-order valence-corrected chi connectivity index (χ3v) is 5.67. The molecular weight excluding hydrogens is 384 g/mol. The van der Waals surface area contributed by atoms with Crippen molar-refractivity contribution in [2.24, 2.45) is 0 Å². The van der Waals surface area contributed by atoms with Gasteiger partial charge in [-0.15, -0.1) is 0 Å². The number of para-hydroxylation sites is 2. The number of hydrogen-bond donors (Lipinski definition) is 3. The van der Waals surface area contributed by atoms with Gasteiger partial charge in [0.15, 0.2) is 6.10 Å². The molecule has 164 valence electrons. The third kappa shape index (κ3) is 5.43. The first-order chi connectivity index (χ1) is 14.5. The summed E-state index contributed by atoms with van der Waals surface area (Å²) in [5.74, 6) is -0.0709. The van der Waals surface area contributed by atoms with Crippen molar-refractivity contribution in [3.05, 3.63) is 24.3 Å². The summed E-state index contributed by atoms with van der Waals surface area (Å²) in [6.07, 6.45) is 5.39. The van der Waals surface area contributed by atoms with Crippen LogP contribution in [0.1, 0.15) is 52.4 Å². The Balaban J connectivity index is 1.66. The molecule has 0 spiro atoms. The molecule has 1 aromatic rings. The topological polar surface area (TPSA) is 99.8 Å². The van der Waals surface area contributed by atoms with Gasteiger partial charge in [0.2, 0.25) is 5.91 Å². The molecule has 3 N–H and O–H groups in total. The summed E-state index contributed by atoms with van der Waals surface area (Å²) >= 11 is 0. The molecule has 1 fully saturated rings. The molecule has 1 aliphatic carbocycles. The fourth-order valence-electron chi connectivity index (χ4n) is 3.95. The highest BCUT2D eigenvalue weighted by atomic mass is 16.5. The molecular formula is C22H32N4O4. The Bertz CT molecular complexity index is 763. The van der Waals surface area contributed by atoms with E-state index in [0.29, 0.717) is 12.3 Å². The predicted octanol–water partition coefficient (Wildman–Crippen LogP) is 2.33. The van der Waals surface area contributed by atoms with Crippen LogP contribution in [0.3, 0.4) is 0 Å². The van der Waals surface area contributed by atoms with Gasteiger partial charge in [-0.05, 0) is 38.3 Å². The second kappa shape index (κ2) is 10.3. The summed E-state index contributed by atoms with van der Waals surface area (Å²) in [4.78, 5) is 39.4. The van der Waals surface area contributed by atoms with Crippen LogP contribution in [0.2, 0.25) is 0 Å². The smallest absolute Gasteiger partial charge is 0.321 e. The fraction of sp³-hybridized carbons (Fsp3) is 0.591. The molecule has 4 amide bonds. The van der Waals surface area contributed by atoms with Crippen LogP contribution in [-0.4, -0.2) is 49.1 Å². The molecule has 0 aromatic heterocycles. The Morgan fingerprint density at radius 1 is 1.17 bits per heavy atom. The van der Waals surface area contributed by atoms with E-state index in [2.05, 4.69) is 16.0 Å². The number of carbonyl (C=O) groups excluding carboxylic acids is 3. The van der Waals surface area contributed by atoms with Crippen LogP contribution in [0.25, 0.3) is 0 Å². The second-order valence-corrected chi connectivity index (χ2v) is 7.99. The average Bonchev–Trinajstić information content (AvgIpc) is 2.76. The number of urea groups is 1. The molecule has 2 atom stereocenters. The van der Waals surface area contributed by atoms with E-state index in [1.807, 2.05) is 30.0 Å². The minimum atomic E-state index is -0.724. The summed E-state index contributed by atoms with van der Waals surface area (Å²) in [6, 6.07) is 6.33. The summed E-state index contributed by atoms with van der Waals surface area (Å²) in [5.41, 5.74) is 0.729. The van der Waals surface area contributed by atoms with Crippen molar-refractivity contribution in [3.8, 4) is 5.75 Å². The third-order valence-electron chi connectivity index (χ3n) is 5.67. The molecule has 1 heterocycles. The van der Waals surface area contributed by atoms with E-state index < -0.39 is 24.1 Å². The maximum atomic E-state index is 12.8. The summed E-state index contributed by atoms with van der Waals surface area (Å²) in [7, 11) is 0. The van der Waals surface area contributed by atoms with Crippen LogP contribution in [0.4, 0.5) is 10.5 Å². The van der Waals surface area contributed by atoms with Crippen LogP contribution >= 0.6 is 0 Å².